The third kappa shape index (κ3) is 3.23. The molecule has 0 aliphatic carbocycles. The number of ketones is 1. The van der Waals surface area contributed by atoms with Gasteiger partial charge in [-0.3, -0.25) is 4.79 Å². The Kier molecular flexibility index (Phi) is 4.74. The van der Waals surface area contributed by atoms with Crippen LogP contribution in [0.2, 0.25) is 0 Å². The molecule has 0 aromatic heterocycles. The van der Waals surface area contributed by atoms with E-state index in [0.29, 0.717) is 0 Å². The van der Waals surface area contributed by atoms with Crippen LogP contribution in [0.5, 0.6) is 0 Å². The summed E-state index contributed by atoms with van der Waals surface area (Å²) in [5.74, 6) is -0.118. The van der Waals surface area contributed by atoms with E-state index in [1.54, 1.807) is 6.07 Å². The summed E-state index contributed by atoms with van der Waals surface area (Å²) in [6.07, 6.45) is 4.05. The van der Waals surface area contributed by atoms with Crippen LogP contribution in [0.15, 0.2) is 22.7 Å². The maximum atomic E-state index is 13.3. The molecule has 19 heavy (non-hydrogen) atoms. The number of rotatable bonds is 5. The Labute approximate surface area is 121 Å². The standard InChI is InChI=1S/C15H19BrFNO/c1-2-6-15(7-3-8-18-15)14(19)10-11-9-12(17)4-5-13(11)16/h4-5,9,18H,2-3,6-8,10H2,1H3. The van der Waals surface area contributed by atoms with Crippen LogP contribution in [0.4, 0.5) is 4.39 Å². The van der Waals surface area contributed by atoms with E-state index < -0.39 is 0 Å². The van der Waals surface area contributed by atoms with Crippen LogP contribution in [-0.4, -0.2) is 17.9 Å². The summed E-state index contributed by atoms with van der Waals surface area (Å²) in [5.41, 5.74) is 0.342. The summed E-state index contributed by atoms with van der Waals surface area (Å²) in [5, 5.41) is 3.37. The molecule has 1 fully saturated rings. The molecule has 1 atom stereocenters. The molecule has 1 aliphatic heterocycles. The van der Waals surface area contributed by atoms with Crippen molar-refractivity contribution < 1.29 is 9.18 Å². The van der Waals surface area contributed by atoms with Crippen molar-refractivity contribution in [3.8, 4) is 0 Å². The van der Waals surface area contributed by atoms with Crippen molar-refractivity contribution in [2.24, 2.45) is 0 Å². The Morgan fingerprint density at radius 3 is 2.95 bits per heavy atom. The van der Waals surface area contributed by atoms with Crippen molar-refractivity contribution >= 4 is 21.7 Å². The minimum atomic E-state index is -0.388. The molecule has 1 unspecified atom stereocenters. The number of Topliss-reactive ketones (excluding diaryl/α,β-unsaturated/α-hetero) is 1. The molecule has 0 spiro atoms. The van der Waals surface area contributed by atoms with Gasteiger partial charge in [-0.2, -0.15) is 0 Å². The quantitative estimate of drug-likeness (QED) is 0.894. The third-order valence-corrected chi connectivity index (χ3v) is 4.59. The van der Waals surface area contributed by atoms with E-state index in [-0.39, 0.29) is 23.6 Å². The van der Waals surface area contributed by atoms with Gasteiger partial charge in [0, 0.05) is 10.9 Å². The molecule has 0 amide bonds. The van der Waals surface area contributed by atoms with Gasteiger partial charge in [0.1, 0.15) is 5.82 Å². The lowest BCUT2D eigenvalue weighted by molar-refractivity contribution is -0.124. The van der Waals surface area contributed by atoms with Gasteiger partial charge < -0.3 is 5.32 Å². The highest BCUT2D eigenvalue weighted by Gasteiger charge is 2.39. The molecule has 0 saturated carbocycles. The first-order valence-corrected chi connectivity index (χ1v) is 7.59. The van der Waals surface area contributed by atoms with Crippen LogP contribution >= 0.6 is 15.9 Å². The maximum Gasteiger partial charge on any atom is 0.157 e. The molecule has 1 heterocycles. The fourth-order valence-electron chi connectivity index (χ4n) is 2.84. The zero-order valence-corrected chi connectivity index (χ0v) is 12.7. The van der Waals surface area contributed by atoms with Gasteiger partial charge >= 0.3 is 0 Å². The van der Waals surface area contributed by atoms with E-state index in [1.807, 2.05) is 0 Å². The average molecular weight is 328 g/mol. The summed E-state index contributed by atoms with van der Waals surface area (Å²) >= 11 is 3.38. The first-order valence-electron chi connectivity index (χ1n) is 6.79. The molecule has 1 aliphatic rings. The second-order valence-corrected chi connectivity index (χ2v) is 6.05. The van der Waals surface area contributed by atoms with Crippen molar-refractivity contribution in [3.05, 3.63) is 34.1 Å². The van der Waals surface area contributed by atoms with Gasteiger partial charge in [0.15, 0.2) is 5.78 Å². The summed E-state index contributed by atoms with van der Waals surface area (Å²) < 4.78 is 14.1. The molecule has 4 heteroatoms. The topological polar surface area (TPSA) is 29.1 Å². The number of hydrogen-bond acceptors (Lipinski definition) is 2. The van der Waals surface area contributed by atoms with Crippen LogP contribution in [-0.2, 0) is 11.2 Å². The largest absolute Gasteiger partial charge is 0.305 e. The number of hydrogen-bond donors (Lipinski definition) is 1. The minimum absolute atomic E-state index is 0.179. The second kappa shape index (κ2) is 6.14. The Bertz CT molecular complexity index is 469. The summed E-state index contributed by atoms with van der Waals surface area (Å²) in [6, 6.07) is 4.50. The summed E-state index contributed by atoms with van der Waals surface area (Å²) in [7, 11) is 0. The number of carbonyl (C=O) groups excluding carboxylic acids is 1. The molecule has 0 bridgehead atoms. The summed E-state index contributed by atoms with van der Waals surface area (Å²) in [4.78, 5) is 12.6. The van der Waals surface area contributed by atoms with Crippen LogP contribution in [0, 0.1) is 5.82 Å². The number of benzene rings is 1. The summed E-state index contributed by atoms with van der Waals surface area (Å²) in [6.45, 7) is 2.99. The fraction of sp³-hybridized carbons (Fsp3) is 0.533. The number of nitrogens with one attached hydrogen (secondary N) is 1. The molecule has 1 aromatic rings. The average Bonchev–Trinajstić information content (AvgIpc) is 2.84. The Balaban J connectivity index is 2.17. The Morgan fingerprint density at radius 1 is 1.53 bits per heavy atom. The minimum Gasteiger partial charge on any atom is -0.305 e. The van der Waals surface area contributed by atoms with Crippen molar-refractivity contribution in [3.63, 3.8) is 0 Å². The van der Waals surface area contributed by atoms with Gasteiger partial charge in [-0.15, -0.1) is 0 Å². The zero-order valence-electron chi connectivity index (χ0n) is 11.1. The predicted molar refractivity (Wildman–Crippen MR) is 77.7 cm³/mol. The first-order chi connectivity index (χ1) is 9.07. The highest BCUT2D eigenvalue weighted by atomic mass is 79.9. The third-order valence-electron chi connectivity index (χ3n) is 3.81. The molecule has 1 saturated heterocycles. The Hall–Kier alpha value is -0.740. The van der Waals surface area contributed by atoms with E-state index in [1.165, 1.54) is 12.1 Å². The highest BCUT2D eigenvalue weighted by Crippen LogP contribution is 2.28. The molecule has 1 aromatic carbocycles. The Morgan fingerprint density at radius 2 is 2.32 bits per heavy atom. The van der Waals surface area contributed by atoms with Crippen molar-refractivity contribution in [1.29, 1.82) is 0 Å². The molecule has 2 rings (SSSR count). The van der Waals surface area contributed by atoms with E-state index in [4.69, 9.17) is 0 Å². The number of carbonyl (C=O) groups is 1. The van der Waals surface area contributed by atoms with Crippen molar-refractivity contribution in [1.82, 2.24) is 5.32 Å². The molecule has 104 valence electrons. The second-order valence-electron chi connectivity index (χ2n) is 5.20. The smallest absolute Gasteiger partial charge is 0.157 e. The lowest BCUT2D eigenvalue weighted by Crippen LogP contribution is -2.48. The van der Waals surface area contributed by atoms with Crippen molar-refractivity contribution in [2.45, 2.75) is 44.6 Å². The highest BCUT2D eigenvalue weighted by molar-refractivity contribution is 9.10. The normalized spacial score (nSPS) is 22.7. The van der Waals surface area contributed by atoms with Gasteiger partial charge in [-0.25, -0.2) is 4.39 Å². The monoisotopic (exact) mass is 327 g/mol. The molecule has 0 radical (unpaired) electrons. The van der Waals surface area contributed by atoms with Crippen LogP contribution in [0.1, 0.15) is 38.2 Å². The van der Waals surface area contributed by atoms with Gasteiger partial charge in [-0.05, 0) is 49.6 Å². The van der Waals surface area contributed by atoms with Crippen LogP contribution in [0.3, 0.4) is 0 Å². The van der Waals surface area contributed by atoms with Gasteiger partial charge in [0.2, 0.25) is 0 Å². The predicted octanol–water partition coefficient (Wildman–Crippen LogP) is 3.62. The lowest BCUT2D eigenvalue weighted by atomic mass is 9.84. The van der Waals surface area contributed by atoms with Crippen molar-refractivity contribution in [2.75, 3.05) is 6.54 Å². The molecule has 1 N–H and O–H groups in total. The maximum absolute atomic E-state index is 13.3. The van der Waals surface area contributed by atoms with E-state index >= 15 is 0 Å². The lowest BCUT2D eigenvalue weighted by Gasteiger charge is -2.28. The first kappa shape index (κ1) is 14.7. The fourth-order valence-corrected chi connectivity index (χ4v) is 3.23. The molecule has 2 nitrogen and oxygen atoms in total. The number of halogens is 2. The van der Waals surface area contributed by atoms with E-state index in [0.717, 1.165) is 42.3 Å². The molecular weight excluding hydrogens is 309 g/mol. The van der Waals surface area contributed by atoms with Gasteiger partial charge in [0.25, 0.3) is 0 Å². The van der Waals surface area contributed by atoms with Crippen LogP contribution < -0.4 is 5.32 Å². The van der Waals surface area contributed by atoms with E-state index in [2.05, 4.69) is 28.2 Å². The SMILES string of the molecule is CCCC1(C(=O)Cc2cc(F)ccc2Br)CCCN1. The van der Waals surface area contributed by atoms with Gasteiger partial charge in [-0.1, -0.05) is 29.3 Å². The molecular formula is C15H19BrFNO. The van der Waals surface area contributed by atoms with Gasteiger partial charge in [0.05, 0.1) is 5.54 Å². The van der Waals surface area contributed by atoms with Crippen LogP contribution in [0.25, 0.3) is 0 Å². The zero-order chi connectivity index (χ0) is 13.9. The van der Waals surface area contributed by atoms with E-state index in [9.17, 15) is 9.18 Å².